The third-order valence-electron chi connectivity index (χ3n) is 6.31. The maximum Gasteiger partial charge on any atom is 0.419 e. The lowest BCUT2D eigenvalue weighted by Gasteiger charge is -2.45. The van der Waals surface area contributed by atoms with E-state index >= 15 is 0 Å². The molecule has 2 aliphatic heterocycles. The molecule has 1 aromatic heterocycles. The topological polar surface area (TPSA) is 43.7 Å². The first-order chi connectivity index (χ1) is 15.7. The lowest BCUT2D eigenvalue weighted by molar-refractivity contribution is -0.138. The van der Waals surface area contributed by atoms with Gasteiger partial charge in [-0.05, 0) is 42.5 Å². The highest BCUT2D eigenvalue weighted by Gasteiger charge is 2.45. The summed E-state index contributed by atoms with van der Waals surface area (Å²) in [5.41, 5.74) is 0.236. The number of likely N-dealkylation sites (tertiary alicyclic amines) is 1. The minimum atomic E-state index is -4.62. The lowest BCUT2D eigenvalue weighted by atomic mass is 9.86. The third-order valence-corrected chi connectivity index (χ3v) is 6.55. The van der Waals surface area contributed by atoms with Gasteiger partial charge in [0.05, 0.1) is 24.1 Å². The highest BCUT2D eigenvalue weighted by Crippen LogP contribution is 2.46. The number of hydrogen-bond donors (Lipinski definition) is 0. The molecule has 2 aliphatic rings. The van der Waals surface area contributed by atoms with Crippen LogP contribution in [-0.4, -0.2) is 35.6 Å². The fraction of sp³-hybridized carbons (Fsp3) is 0.292. The summed E-state index contributed by atoms with van der Waals surface area (Å²) in [7, 11) is 1.17. The fourth-order valence-corrected chi connectivity index (χ4v) is 4.83. The number of aromatic nitrogens is 1. The molecule has 0 radical (unpaired) electrons. The molecule has 3 heterocycles. The van der Waals surface area contributed by atoms with E-state index in [-0.39, 0.29) is 11.3 Å². The summed E-state index contributed by atoms with van der Waals surface area (Å²) in [6, 6.07) is 12.8. The van der Waals surface area contributed by atoms with Crippen LogP contribution in [0.4, 0.5) is 13.2 Å². The van der Waals surface area contributed by atoms with E-state index in [0.717, 1.165) is 17.4 Å². The highest BCUT2D eigenvalue weighted by atomic mass is 35.5. The van der Waals surface area contributed by atoms with Gasteiger partial charge in [0, 0.05) is 48.8 Å². The zero-order valence-corrected chi connectivity index (χ0v) is 18.4. The number of amides is 1. The number of ether oxygens (including phenoxy) is 2. The largest absolute Gasteiger partial charge is 0.496 e. The van der Waals surface area contributed by atoms with E-state index in [4.69, 9.17) is 21.1 Å². The van der Waals surface area contributed by atoms with Gasteiger partial charge in [-0.25, -0.2) is 0 Å². The molecule has 0 unspecified atom stereocenters. The maximum atomic E-state index is 13.4. The number of carbonyl (C=O) groups excluding carboxylic acids is 1. The van der Waals surface area contributed by atoms with Gasteiger partial charge < -0.3 is 18.9 Å². The molecule has 1 amide bonds. The molecule has 3 aromatic rings. The number of piperidine rings is 1. The van der Waals surface area contributed by atoms with Crippen LogP contribution in [0.5, 0.6) is 11.5 Å². The zero-order chi connectivity index (χ0) is 23.4. The standard InChI is InChI=1S/C24H20ClF3N2O3/c1-32-19-7-4-15(13-17(19)24(26,27)28)22(31)29-11-8-23(9-12-29)21-3-2-10-30(21)18-6-5-16(25)14-20(18)33-23/h2-7,10,13-14H,8-9,11-12H2,1H3. The first-order valence-corrected chi connectivity index (χ1v) is 10.8. The predicted molar refractivity (Wildman–Crippen MR) is 116 cm³/mol. The minimum Gasteiger partial charge on any atom is -0.496 e. The molecule has 1 saturated heterocycles. The van der Waals surface area contributed by atoms with Crippen LogP contribution in [-0.2, 0) is 11.8 Å². The second kappa shape index (κ2) is 7.73. The highest BCUT2D eigenvalue weighted by molar-refractivity contribution is 6.30. The lowest BCUT2D eigenvalue weighted by Crippen LogP contribution is -2.50. The number of rotatable bonds is 2. The van der Waals surface area contributed by atoms with Crippen molar-refractivity contribution < 1.29 is 27.4 Å². The molecule has 1 fully saturated rings. The first kappa shape index (κ1) is 21.7. The SMILES string of the molecule is COc1ccc(C(=O)N2CCC3(CC2)Oc2cc(Cl)ccc2-n2cccc23)cc1C(F)(F)F. The fourth-order valence-electron chi connectivity index (χ4n) is 4.67. The van der Waals surface area contributed by atoms with Crippen molar-refractivity contribution >= 4 is 17.5 Å². The molecular weight excluding hydrogens is 457 g/mol. The molecule has 0 N–H and O–H groups in total. The number of carbonyl (C=O) groups is 1. The summed E-state index contributed by atoms with van der Waals surface area (Å²) in [4.78, 5) is 14.6. The van der Waals surface area contributed by atoms with E-state index < -0.39 is 23.2 Å². The quantitative estimate of drug-likeness (QED) is 0.478. The Morgan fingerprint density at radius 3 is 2.58 bits per heavy atom. The van der Waals surface area contributed by atoms with E-state index in [2.05, 4.69) is 4.57 Å². The van der Waals surface area contributed by atoms with E-state index in [1.807, 2.05) is 24.4 Å². The van der Waals surface area contributed by atoms with Gasteiger partial charge in [0.25, 0.3) is 5.91 Å². The summed E-state index contributed by atoms with van der Waals surface area (Å²) in [6.07, 6.45) is -1.67. The van der Waals surface area contributed by atoms with Crippen molar-refractivity contribution in [2.75, 3.05) is 20.2 Å². The Hall–Kier alpha value is -3.13. The molecule has 1 spiro atoms. The van der Waals surface area contributed by atoms with Gasteiger partial charge in [-0.15, -0.1) is 0 Å². The monoisotopic (exact) mass is 476 g/mol. The molecule has 33 heavy (non-hydrogen) atoms. The first-order valence-electron chi connectivity index (χ1n) is 10.4. The van der Waals surface area contributed by atoms with Crippen molar-refractivity contribution in [3.8, 4) is 17.2 Å². The molecule has 172 valence electrons. The number of alkyl halides is 3. The molecule has 2 aromatic carbocycles. The molecule has 0 atom stereocenters. The van der Waals surface area contributed by atoms with Crippen LogP contribution in [0, 0.1) is 0 Å². The van der Waals surface area contributed by atoms with Crippen LogP contribution >= 0.6 is 11.6 Å². The van der Waals surface area contributed by atoms with Crippen molar-refractivity contribution in [3.05, 3.63) is 76.6 Å². The summed E-state index contributed by atoms with van der Waals surface area (Å²) in [6.45, 7) is 0.681. The van der Waals surface area contributed by atoms with E-state index in [0.29, 0.717) is 36.7 Å². The van der Waals surface area contributed by atoms with Crippen molar-refractivity contribution in [2.24, 2.45) is 0 Å². The number of fused-ring (bicyclic) bond motifs is 4. The van der Waals surface area contributed by atoms with Gasteiger partial charge in [0.15, 0.2) is 5.60 Å². The normalized spacial score (nSPS) is 16.7. The van der Waals surface area contributed by atoms with Crippen molar-refractivity contribution in [1.29, 1.82) is 0 Å². The molecule has 0 bridgehead atoms. The van der Waals surface area contributed by atoms with Crippen molar-refractivity contribution in [1.82, 2.24) is 9.47 Å². The molecule has 9 heteroatoms. The van der Waals surface area contributed by atoms with Crippen LogP contribution in [0.2, 0.25) is 5.02 Å². The number of hydrogen-bond acceptors (Lipinski definition) is 3. The number of methoxy groups -OCH3 is 1. The molecule has 0 aliphatic carbocycles. The van der Waals surface area contributed by atoms with Gasteiger partial charge in [0.2, 0.25) is 0 Å². The van der Waals surface area contributed by atoms with Crippen molar-refractivity contribution in [2.45, 2.75) is 24.6 Å². The van der Waals surface area contributed by atoms with Gasteiger partial charge in [0.1, 0.15) is 11.5 Å². The second-order valence-corrected chi connectivity index (χ2v) is 8.61. The van der Waals surface area contributed by atoms with Gasteiger partial charge >= 0.3 is 6.18 Å². The molecule has 5 nitrogen and oxygen atoms in total. The van der Waals surface area contributed by atoms with E-state index in [1.54, 1.807) is 17.0 Å². The van der Waals surface area contributed by atoms with Crippen molar-refractivity contribution in [3.63, 3.8) is 0 Å². The Morgan fingerprint density at radius 2 is 1.88 bits per heavy atom. The number of halogens is 4. The minimum absolute atomic E-state index is 0.0239. The summed E-state index contributed by atoms with van der Waals surface area (Å²) in [5, 5.41) is 0.562. The van der Waals surface area contributed by atoms with Gasteiger partial charge in [-0.2, -0.15) is 13.2 Å². The number of nitrogens with zero attached hydrogens (tertiary/aromatic N) is 2. The summed E-state index contributed by atoms with van der Waals surface area (Å²) < 4.78 is 53.5. The van der Waals surface area contributed by atoms with Gasteiger partial charge in [-0.1, -0.05) is 11.6 Å². The van der Waals surface area contributed by atoms with Crippen LogP contribution in [0.25, 0.3) is 5.69 Å². The third kappa shape index (κ3) is 3.62. The Kier molecular flexibility index (Phi) is 5.08. The Labute approximate surface area is 193 Å². The van der Waals surface area contributed by atoms with E-state index in [9.17, 15) is 18.0 Å². The van der Waals surface area contributed by atoms with Crippen LogP contribution < -0.4 is 9.47 Å². The Balaban J connectivity index is 1.39. The second-order valence-electron chi connectivity index (χ2n) is 8.18. The smallest absolute Gasteiger partial charge is 0.419 e. The Bertz CT molecular complexity index is 1230. The van der Waals surface area contributed by atoms with Crippen LogP contribution in [0.15, 0.2) is 54.7 Å². The molecular formula is C24H20ClF3N2O3. The average Bonchev–Trinajstić information content (AvgIpc) is 3.29. The summed E-state index contributed by atoms with van der Waals surface area (Å²) >= 11 is 6.17. The maximum absolute atomic E-state index is 13.4. The zero-order valence-electron chi connectivity index (χ0n) is 17.7. The van der Waals surface area contributed by atoms with E-state index in [1.165, 1.54) is 19.2 Å². The molecule has 0 saturated carbocycles. The predicted octanol–water partition coefficient (Wildman–Crippen LogP) is 5.68. The summed E-state index contributed by atoms with van der Waals surface area (Å²) in [5.74, 6) is -0.103. The Morgan fingerprint density at radius 1 is 1.12 bits per heavy atom. The van der Waals surface area contributed by atoms with Crippen LogP contribution in [0.3, 0.4) is 0 Å². The van der Waals surface area contributed by atoms with Gasteiger partial charge in [-0.3, -0.25) is 4.79 Å². The van der Waals surface area contributed by atoms with Crippen LogP contribution in [0.1, 0.15) is 34.5 Å². The number of benzene rings is 2. The molecule has 5 rings (SSSR count). The average molecular weight is 477 g/mol.